The van der Waals surface area contributed by atoms with E-state index in [1.54, 1.807) is 0 Å². The number of hydrogen-bond acceptors (Lipinski definition) is 2. The van der Waals surface area contributed by atoms with Gasteiger partial charge in [0.25, 0.3) is 0 Å². The minimum Gasteiger partial charge on any atom is -0.218 e. The van der Waals surface area contributed by atoms with Gasteiger partial charge in [-0.2, -0.15) is 52.7 Å². The van der Waals surface area contributed by atoms with Crippen molar-refractivity contribution in [2.45, 2.75) is 34.5 Å². The first-order chi connectivity index (χ1) is 13.7. The molecule has 31 heavy (non-hydrogen) atoms. The summed E-state index contributed by atoms with van der Waals surface area (Å²) in [4.78, 5) is -4.56. The van der Waals surface area contributed by atoms with Gasteiger partial charge in [-0.15, -0.1) is 0 Å². The molecule has 2 rings (SSSR count). The predicted molar refractivity (Wildman–Crippen MR) is 78.3 cm³/mol. The fourth-order valence-corrected chi connectivity index (χ4v) is 4.43. The van der Waals surface area contributed by atoms with E-state index in [1.165, 1.54) is 0 Å². The van der Waals surface area contributed by atoms with Gasteiger partial charge in [-0.3, -0.25) is 0 Å². The molecule has 0 aliphatic carbocycles. The molecule has 0 bridgehead atoms. The van der Waals surface area contributed by atoms with Gasteiger partial charge in [0.05, 0.1) is 32.0 Å². The summed E-state index contributed by atoms with van der Waals surface area (Å²) in [5, 5.41) is 0. The van der Waals surface area contributed by atoms with Crippen molar-refractivity contribution in [3.05, 3.63) is 58.7 Å². The third-order valence-electron chi connectivity index (χ3n) is 3.81. The third kappa shape index (κ3) is 4.75. The van der Waals surface area contributed by atoms with E-state index < -0.39 is 66.6 Å². The van der Waals surface area contributed by atoms with Crippen molar-refractivity contribution in [2.24, 2.45) is 0 Å². The van der Waals surface area contributed by atoms with Crippen molar-refractivity contribution in [3.63, 3.8) is 0 Å². The molecule has 2 aromatic rings. The van der Waals surface area contributed by atoms with Crippen molar-refractivity contribution >= 4 is 9.84 Å². The molecule has 0 saturated carbocycles. The first-order valence-corrected chi connectivity index (χ1v) is 8.98. The van der Waals surface area contributed by atoms with Gasteiger partial charge in [-0.05, 0) is 24.3 Å². The second-order valence-corrected chi connectivity index (χ2v) is 7.74. The number of halogens is 12. The Bertz CT molecular complexity index is 1010. The van der Waals surface area contributed by atoms with Crippen LogP contribution in [0.2, 0.25) is 0 Å². The smallest absolute Gasteiger partial charge is 0.218 e. The van der Waals surface area contributed by atoms with Crippen LogP contribution in [0.5, 0.6) is 0 Å². The Balaban J connectivity index is 3.04. The van der Waals surface area contributed by atoms with Crippen LogP contribution in [0.3, 0.4) is 0 Å². The summed E-state index contributed by atoms with van der Waals surface area (Å²) in [6.07, 6.45) is -23.6. The molecule has 0 N–H and O–H groups in total. The Kier molecular flexibility index (Phi) is 5.85. The molecule has 15 heteroatoms. The average molecular weight is 490 g/mol. The molecule has 0 amide bonds. The lowest BCUT2D eigenvalue weighted by Crippen LogP contribution is -2.24. The zero-order valence-corrected chi connectivity index (χ0v) is 15.0. The van der Waals surface area contributed by atoms with Crippen LogP contribution in [0.4, 0.5) is 52.7 Å². The molecule has 0 saturated heterocycles. The number of alkyl halides is 12. The van der Waals surface area contributed by atoms with E-state index in [-0.39, 0.29) is 36.4 Å². The van der Waals surface area contributed by atoms with Gasteiger partial charge in [0.2, 0.25) is 9.84 Å². The highest BCUT2D eigenvalue weighted by molar-refractivity contribution is 7.91. The van der Waals surface area contributed by atoms with Crippen molar-refractivity contribution in [3.8, 4) is 0 Å². The van der Waals surface area contributed by atoms with Gasteiger partial charge in [-0.1, -0.05) is 12.1 Å². The molecule has 0 radical (unpaired) electrons. The van der Waals surface area contributed by atoms with Crippen molar-refractivity contribution in [1.29, 1.82) is 0 Å². The quantitative estimate of drug-likeness (QED) is 0.445. The summed E-state index contributed by atoms with van der Waals surface area (Å²) >= 11 is 0. The van der Waals surface area contributed by atoms with Crippen molar-refractivity contribution in [2.75, 3.05) is 0 Å². The summed E-state index contributed by atoms with van der Waals surface area (Å²) in [6, 6.07) is -0.142. The molecule has 0 fully saturated rings. The van der Waals surface area contributed by atoms with Crippen molar-refractivity contribution < 1.29 is 61.1 Å². The van der Waals surface area contributed by atoms with Gasteiger partial charge in [0.1, 0.15) is 0 Å². The largest absolute Gasteiger partial charge is 0.418 e. The Morgan fingerprint density at radius 1 is 0.484 bits per heavy atom. The minimum atomic E-state index is -6.17. The monoisotopic (exact) mass is 490 g/mol. The zero-order chi connectivity index (χ0) is 24.2. The Morgan fingerprint density at radius 3 is 1.00 bits per heavy atom. The van der Waals surface area contributed by atoms with Crippen LogP contribution in [0.1, 0.15) is 22.3 Å². The van der Waals surface area contributed by atoms with Crippen LogP contribution in [0.15, 0.2) is 46.2 Å². The molecule has 0 atom stereocenters. The Morgan fingerprint density at radius 2 is 0.774 bits per heavy atom. The summed E-state index contributed by atoms with van der Waals surface area (Å²) in [5.41, 5.74) is -10.8. The van der Waals surface area contributed by atoms with E-state index in [2.05, 4.69) is 0 Å². The molecule has 172 valence electrons. The van der Waals surface area contributed by atoms with Gasteiger partial charge in [-0.25, -0.2) is 8.42 Å². The van der Waals surface area contributed by atoms with E-state index in [9.17, 15) is 61.1 Å². The van der Waals surface area contributed by atoms with E-state index in [1.807, 2.05) is 0 Å². The van der Waals surface area contributed by atoms with Crippen LogP contribution < -0.4 is 0 Å². The Hall–Kier alpha value is -2.45. The predicted octanol–water partition coefficient (Wildman–Crippen LogP) is 6.59. The highest BCUT2D eigenvalue weighted by Gasteiger charge is 2.50. The summed E-state index contributed by atoms with van der Waals surface area (Å²) < 4.78 is 183. The first-order valence-electron chi connectivity index (χ1n) is 7.50. The fraction of sp³-hybridized carbons (Fsp3) is 0.250. The lowest BCUT2D eigenvalue weighted by Gasteiger charge is -2.22. The first kappa shape index (κ1) is 24.8. The molecule has 0 aromatic heterocycles. The van der Waals surface area contributed by atoms with Crippen LogP contribution >= 0.6 is 0 Å². The summed E-state index contributed by atoms with van der Waals surface area (Å²) in [5.74, 6) is 0. The summed E-state index contributed by atoms with van der Waals surface area (Å²) in [6.45, 7) is 0. The maximum atomic E-state index is 13.3. The third-order valence-corrected chi connectivity index (χ3v) is 5.65. The summed E-state index contributed by atoms with van der Waals surface area (Å²) in [7, 11) is -6.17. The number of benzene rings is 2. The number of sulfone groups is 1. The molecule has 2 aromatic carbocycles. The van der Waals surface area contributed by atoms with Gasteiger partial charge in [0, 0.05) is 0 Å². The van der Waals surface area contributed by atoms with E-state index in [4.69, 9.17) is 0 Å². The van der Waals surface area contributed by atoms with Gasteiger partial charge < -0.3 is 0 Å². The standard InChI is InChI=1S/C16H6F12O2S/c17-13(18,19)7-3-1-5-9(11(7)15(23,24)25)31(29,30)10-6-2-4-8(14(20,21)22)12(10)16(26,27)28/h1-6H. The number of hydrogen-bond donors (Lipinski definition) is 0. The lowest BCUT2D eigenvalue weighted by molar-refractivity contribution is -0.164. The Labute approximate surface area is 165 Å². The van der Waals surface area contributed by atoms with Gasteiger partial charge in [0.15, 0.2) is 0 Å². The molecular weight excluding hydrogens is 484 g/mol. The zero-order valence-electron chi connectivity index (χ0n) is 14.2. The topological polar surface area (TPSA) is 34.1 Å². The molecule has 0 aliphatic heterocycles. The van der Waals surface area contributed by atoms with E-state index in [0.29, 0.717) is 0 Å². The fourth-order valence-electron chi connectivity index (χ4n) is 2.69. The normalized spacial score (nSPS) is 14.1. The lowest BCUT2D eigenvalue weighted by atomic mass is 10.1. The number of rotatable bonds is 2. The highest BCUT2D eigenvalue weighted by atomic mass is 32.2. The van der Waals surface area contributed by atoms with Crippen LogP contribution in [0.25, 0.3) is 0 Å². The van der Waals surface area contributed by atoms with Crippen LogP contribution in [0, 0.1) is 0 Å². The van der Waals surface area contributed by atoms with Gasteiger partial charge >= 0.3 is 24.7 Å². The van der Waals surface area contributed by atoms with Crippen LogP contribution in [-0.2, 0) is 34.5 Å². The molecule has 0 unspecified atom stereocenters. The SMILES string of the molecule is O=S(=O)(c1cccc(C(F)(F)F)c1C(F)(F)F)c1cccc(C(F)(F)F)c1C(F)(F)F. The average Bonchev–Trinajstić information content (AvgIpc) is 2.57. The van der Waals surface area contributed by atoms with E-state index >= 15 is 0 Å². The van der Waals surface area contributed by atoms with Crippen molar-refractivity contribution in [1.82, 2.24) is 0 Å². The minimum absolute atomic E-state index is 0.0756. The second-order valence-electron chi connectivity index (χ2n) is 5.85. The maximum absolute atomic E-state index is 13.3. The highest BCUT2D eigenvalue weighted by Crippen LogP contribution is 2.48. The maximum Gasteiger partial charge on any atom is 0.418 e. The molecular formula is C16H6F12O2S. The second kappa shape index (κ2) is 7.31. The van der Waals surface area contributed by atoms with E-state index in [0.717, 1.165) is 0 Å². The molecule has 0 aliphatic rings. The molecule has 0 heterocycles. The molecule has 0 spiro atoms. The molecule has 2 nitrogen and oxygen atoms in total. The van der Waals surface area contributed by atoms with Crippen LogP contribution in [-0.4, -0.2) is 8.42 Å².